The number of hydrogen-bond acceptors (Lipinski definition) is 3. The topological polar surface area (TPSA) is 27.7 Å². The zero-order valence-electron chi connectivity index (χ0n) is 12.6. The maximum Gasteiger partial charge on any atom is 0.529 e. The Hall–Kier alpha value is -0.943. The number of rotatable bonds is 8. The first-order valence-electron chi connectivity index (χ1n) is 7.46. The third-order valence-corrected chi connectivity index (χ3v) is 6.11. The molecule has 0 saturated heterocycles. The van der Waals surface area contributed by atoms with E-state index in [0.29, 0.717) is 19.8 Å². The third kappa shape index (κ3) is 3.38. The molecule has 4 heteroatoms. The molecule has 0 atom stereocenters. The molecule has 110 valence electrons. The van der Waals surface area contributed by atoms with Crippen molar-refractivity contribution in [3.63, 3.8) is 0 Å². The SMILES string of the molecule is CCO[Si](/C=C\c1cccc2c1CC2)(OCC)OCC. The van der Waals surface area contributed by atoms with E-state index in [4.69, 9.17) is 13.3 Å². The van der Waals surface area contributed by atoms with Crippen LogP contribution in [-0.2, 0) is 26.1 Å². The average molecular weight is 292 g/mol. The number of hydrogen-bond donors (Lipinski definition) is 0. The Morgan fingerprint density at radius 1 is 1.00 bits per heavy atom. The third-order valence-electron chi connectivity index (χ3n) is 3.46. The molecular weight excluding hydrogens is 268 g/mol. The Labute approximate surface area is 122 Å². The molecule has 0 saturated carbocycles. The van der Waals surface area contributed by atoms with Gasteiger partial charge in [0.15, 0.2) is 0 Å². The van der Waals surface area contributed by atoms with E-state index in [2.05, 4.69) is 24.3 Å². The summed E-state index contributed by atoms with van der Waals surface area (Å²) in [5.41, 5.74) is 6.21. The minimum Gasteiger partial charge on any atom is -0.371 e. The van der Waals surface area contributed by atoms with Gasteiger partial charge in [0.2, 0.25) is 0 Å². The normalized spacial score (nSPS) is 14.3. The predicted molar refractivity (Wildman–Crippen MR) is 83.5 cm³/mol. The van der Waals surface area contributed by atoms with E-state index in [1.807, 2.05) is 26.5 Å². The molecule has 0 fully saturated rings. The van der Waals surface area contributed by atoms with E-state index in [-0.39, 0.29) is 0 Å². The van der Waals surface area contributed by atoms with Crippen LogP contribution in [0.2, 0.25) is 0 Å². The van der Waals surface area contributed by atoms with Crippen molar-refractivity contribution in [2.45, 2.75) is 33.6 Å². The van der Waals surface area contributed by atoms with Crippen LogP contribution in [0.15, 0.2) is 23.9 Å². The highest BCUT2D eigenvalue weighted by molar-refractivity contribution is 6.67. The van der Waals surface area contributed by atoms with E-state index in [9.17, 15) is 0 Å². The molecule has 1 aromatic carbocycles. The van der Waals surface area contributed by atoms with Gasteiger partial charge in [-0.2, -0.15) is 0 Å². The number of benzene rings is 1. The fourth-order valence-electron chi connectivity index (χ4n) is 2.50. The molecule has 0 unspecified atom stereocenters. The monoisotopic (exact) mass is 292 g/mol. The highest BCUT2D eigenvalue weighted by Crippen LogP contribution is 2.27. The van der Waals surface area contributed by atoms with E-state index < -0.39 is 8.80 Å². The van der Waals surface area contributed by atoms with Crippen molar-refractivity contribution in [2.75, 3.05) is 19.8 Å². The zero-order valence-corrected chi connectivity index (χ0v) is 13.6. The maximum atomic E-state index is 5.83. The highest BCUT2D eigenvalue weighted by Gasteiger charge is 2.37. The van der Waals surface area contributed by atoms with Crippen LogP contribution in [0.5, 0.6) is 0 Å². The average Bonchev–Trinajstić information content (AvgIpc) is 2.39. The van der Waals surface area contributed by atoms with E-state index >= 15 is 0 Å². The minimum absolute atomic E-state index is 0.601. The number of aryl methyl sites for hydroxylation is 1. The van der Waals surface area contributed by atoms with E-state index in [1.54, 1.807) is 0 Å². The minimum atomic E-state index is -2.68. The van der Waals surface area contributed by atoms with Gasteiger partial charge < -0.3 is 13.3 Å². The summed E-state index contributed by atoms with van der Waals surface area (Å²) in [6.45, 7) is 7.73. The molecule has 1 aromatic rings. The summed E-state index contributed by atoms with van der Waals surface area (Å²) in [4.78, 5) is 0. The summed E-state index contributed by atoms with van der Waals surface area (Å²) in [5, 5.41) is 0. The summed E-state index contributed by atoms with van der Waals surface area (Å²) < 4.78 is 17.5. The fourth-order valence-corrected chi connectivity index (χ4v) is 4.63. The van der Waals surface area contributed by atoms with Crippen LogP contribution >= 0.6 is 0 Å². The molecule has 0 aromatic heterocycles. The van der Waals surface area contributed by atoms with E-state index in [1.165, 1.54) is 29.5 Å². The highest BCUT2D eigenvalue weighted by atomic mass is 28.4. The molecule has 0 spiro atoms. The molecule has 0 aliphatic heterocycles. The van der Waals surface area contributed by atoms with Gasteiger partial charge in [0.05, 0.1) is 0 Å². The molecule has 2 rings (SSSR count). The van der Waals surface area contributed by atoms with Crippen molar-refractivity contribution >= 4 is 14.9 Å². The molecule has 0 amide bonds. The van der Waals surface area contributed by atoms with Crippen molar-refractivity contribution in [2.24, 2.45) is 0 Å². The van der Waals surface area contributed by atoms with Crippen LogP contribution in [0.25, 0.3) is 6.08 Å². The lowest BCUT2D eigenvalue weighted by molar-refractivity contribution is 0.0845. The van der Waals surface area contributed by atoms with Crippen LogP contribution in [0.3, 0.4) is 0 Å². The molecule has 0 bridgehead atoms. The van der Waals surface area contributed by atoms with Gasteiger partial charge >= 0.3 is 8.80 Å². The second-order valence-corrected chi connectivity index (χ2v) is 7.13. The Morgan fingerprint density at radius 2 is 1.65 bits per heavy atom. The zero-order chi connectivity index (χ0) is 14.4. The molecule has 3 nitrogen and oxygen atoms in total. The van der Waals surface area contributed by atoms with Gasteiger partial charge in [-0.25, -0.2) is 0 Å². The molecule has 0 radical (unpaired) electrons. The van der Waals surface area contributed by atoms with Gasteiger partial charge in [-0.05, 0) is 56.0 Å². The van der Waals surface area contributed by atoms with Gasteiger partial charge in [0.1, 0.15) is 0 Å². The standard InChI is InChI=1S/C16H24O3Si/c1-4-17-20(18-5-2,19-6-3)13-12-15-9-7-8-14-10-11-16(14)15/h7-9,12-13H,4-6,10-11H2,1-3H3/b13-12-. The predicted octanol–water partition coefficient (Wildman–Crippen LogP) is 3.39. The first kappa shape index (κ1) is 15.4. The molecular formula is C16H24O3Si. The number of fused-ring (bicyclic) bond motifs is 1. The Balaban J connectivity index is 2.21. The smallest absolute Gasteiger partial charge is 0.371 e. The molecule has 1 aliphatic rings. The Bertz CT molecular complexity index is 454. The van der Waals surface area contributed by atoms with Crippen LogP contribution in [0.4, 0.5) is 0 Å². The van der Waals surface area contributed by atoms with Crippen molar-refractivity contribution in [1.82, 2.24) is 0 Å². The molecule has 1 aliphatic carbocycles. The van der Waals surface area contributed by atoms with Gasteiger partial charge in [-0.1, -0.05) is 24.3 Å². The Kier molecular flexibility index (Phi) is 5.54. The van der Waals surface area contributed by atoms with Crippen molar-refractivity contribution in [1.29, 1.82) is 0 Å². The second-order valence-electron chi connectivity index (χ2n) is 4.72. The van der Waals surface area contributed by atoms with Crippen molar-refractivity contribution < 1.29 is 13.3 Å². The summed E-state index contributed by atoms with van der Waals surface area (Å²) in [7, 11) is -2.68. The van der Waals surface area contributed by atoms with Crippen molar-refractivity contribution in [3.8, 4) is 0 Å². The largest absolute Gasteiger partial charge is 0.529 e. The van der Waals surface area contributed by atoms with Gasteiger partial charge in [0.25, 0.3) is 0 Å². The first-order valence-corrected chi connectivity index (χ1v) is 9.26. The molecule has 0 heterocycles. The van der Waals surface area contributed by atoms with E-state index in [0.717, 1.165) is 0 Å². The maximum absolute atomic E-state index is 5.83. The van der Waals surface area contributed by atoms with Crippen LogP contribution in [0.1, 0.15) is 37.5 Å². The van der Waals surface area contributed by atoms with Crippen molar-refractivity contribution in [3.05, 3.63) is 40.6 Å². The van der Waals surface area contributed by atoms with Gasteiger partial charge in [-0.3, -0.25) is 0 Å². The molecule has 0 N–H and O–H groups in total. The molecule has 20 heavy (non-hydrogen) atoms. The van der Waals surface area contributed by atoms with Gasteiger partial charge in [0, 0.05) is 19.8 Å². The fraction of sp³-hybridized carbons (Fsp3) is 0.500. The lowest BCUT2D eigenvalue weighted by Gasteiger charge is -2.26. The Morgan fingerprint density at radius 3 is 2.15 bits per heavy atom. The van der Waals surface area contributed by atoms with Crippen LogP contribution in [0, 0.1) is 0 Å². The first-order chi connectivity index (χ1) is 9.74. The lowest BCUT2D eigenvalue weighted by Crippen LogP contribution is -2.44. The quantitative estimate of drug-likeness (QED) is 0.687. The van der Waals surface area contributed by atoms with Gasteiger partial charge in [-0.15, -0.1) is 0 Å². The summed E-state index contributed by atoms with van der Waals surface area (Å²) in [6, 6.07) is 6.47. The van der Waals surface area contributed by atoms with Crippen LogP contribution in [-0.4, -0.2) is 28.6 Å². The summed E-state index contributed by atoms with van der Waals surface area (Å²) in [6.07, 6.45) is 4.48. The van der Waals surface area contributed by atoms with Crippen LogP contribution < -0.4 is 0 Å². The second kappa shape index (κ2) is 7.18. The summed E-state index contributed by atoms with van der Waals surface area (Å²) in [5.74, 6) is 0. The summed E-state index contributed by atoms with van der Waals surface area (Å²) >= 11 is 0. The lowest BCUT2D eigenvalue weighted by atomic mass is 9.85.